The van der Waals surface area contributed by atoms with Crippen LogP contribution in [0.1, 0.15) is 39.0 Å². The average Bonchev–Trinajstić information content (AvgIpc) is 2.43. The zero-order chi connectivity index (χ0) is 14.4. The van der Waals surface area contributed by atoms with Crippen molar-refractivity contribution < 1.29 is 4.79 Å². The van der Waals surface area contributed by atoms with Crippen LogP contribution >= 0.6 is 0 Å². The lowest BCUT2D eigenvalue weighted by Gasteiger charge is -2.37. The summed E-state index contributed by atoms with van der Waals surface area (Å²) in [6.45, 7) is 8.40. The van der Waals surface area contributed by atoms with Crippen molar-refractivity contribution >= 4 is 5.91 Å². The topological polar surface area (TPSA) is 61.6 Å². The first-order valence-electron chi connectivity index (χ1n) is 8.16. The molecule has 2 heterocycles. The van der Waals surface area contributed by atoms with Crippen LogP contribution in [0.5, 0.6) is 0 Å². The quantitative estimate of drug-likeness (QED) is 0.740. The van der Waals surface area contributed by atoms with Crippen molar-refractivity contribution in [3.05, 3.63) is 0 Å². The molecular weight excluding hydrogens is 252 g/mol. The lowest BCUT2D eigenvalue weighted by Crippen LogP contribution is -2.50. The van der Waals surface area contributed by atoms with Crippen LogP contribution in [0, 0.1) is 0 Å². The van der Waals surface area contributed by atoms with Crippen molar-refractivity contribution in [2.24, 2.45) is 5.73 Å². The number of carbonyl (C=O) groups excluding carboxylic acids is 1. The first kappa shape index (κ1) is 15.7. The van der Waals surface area contributed by atoms with E-state index in [1.165, 1.54) is 38.9 Å². The van der Waals surface area contributed by atoms with Gasteiger partial charge in [-0.3, -0.25) is 9.69 Å². The molecule has 0 aromatic rings. The van der Waals surface area contributed by atoms with Gasteiger partial charge in [0, 0.05) is 25.2 Å². The largest absolute Gasteiger partial charge is 0.369 e. The Bertz CT molecular complexity index is 294. The maximum atomic E-state index is 10.9. The van der Waals surface area contributed by atoms with Crippen LogP contribution in [-0.4, -0.2) is 67.1 Å². The Hall–Kier alpha value is -0.650. The molecule has 0 radical (unpaired) electrons. The molecule has 2 aliphatic heterocycles. The number of carbonyl (C=O) groups is 1. The molecule has 0 unspecified atom stereocenters. The van der Waals surface area contributed by atoms with Crippen molar-refractivity contribution in [1.29, 1.82) is 0 Å². The number of rotatable bonds is 6. The lowest BCUT2D eigenvalue weighted by molar-refractivity contribution is -0.119. The second-order valence-corrected chi connectivity index (χ2v) is 6.30. The van der Waals surface area contributed by atoms with Crippen LogP contribution < -0.4 is 11.1 Å². The normalized spacial score (nSPS) is 24.1. The highest BCUT2D eigenvalue weighted by Crippen LogP contribution is 2.15. The molecule has 2 aliphatic rings. The molecule has 20 heavy (non-hydrogen) atoms. The summed E-state index contributed by atoms with van der Waals surface area (Å²) in [6.07, 6.45) is 6.10. The van der Waals surface area contributed by atoms with Crippen LogP contribution in [-0.2, 0) is 4.79 Å². The molecule has 1 amide bonds. The van der Waals surface area contributed by atoms with Crippen LogP contribution in [0.25, 0.3) is 0 Å². The number of nitrogens with zero attached hydrogens (tertiary/aromatic N) is 2. The summed E-state index contributed by atoms with van der Waals surface area (Å²) < 4.78 is 0. The summed E-state index contributed by atoms with van der Waals surface area (Å²) in [5, 5.41) is 3.82. The Labute approximate surface area is 122 Å². The van der Waals surface area contributed by atoms with Crippen molar-refractivity contribution in [2.75, 3.05) is 39.3 Å². The van der Waals surface area contributed by atoms with E-state index in [1.54, 1.807) is 0 Å². The fourth-order valence-electron chi connectivity index (χ4n) is 3.45. The minimum Gasteiger partial charge on any atom is -0.369 e. The van der Waals surface area contributed by atoms with E-state index in [1.807, 2.05) is 0 Å². The van der Waals surface area contributed by atoms with E-state index < -0.39 is 0 Å². The fourth-order valence-corrected chi connectivity index (χ4v) is 3.45. The Morgan fingerprint density at radius 2 is 1.55 bits per heavy atom. The predicted molar refractivity (Wildman–Crippen MR) is 81.5 cm³/mol. The third-order valence-corrected chi connectivity index (χ3v) is 4.57. The first-order chi connectivity index (χ1) is 9.67. The highest BCUT2D eigenvalue weighted by atomic mass is 16.1. The minimum absolute atomic E-state index is 0.209. The molecule has 3 N–H and O–H groups in total. The smallest absolute Gasteiger partial charge is 0.231 e. The number of nitrogens with two attached hydrogens (primary N) is 1. The summed E-state index contributed by atoms with van der Waals surface area (Å²) in [5.74, 6) is -0.209. The number of primary amides is 1. The molecule has 0 spiro atoms. The van der Waals surface area contributed by atoms with Gasteiger partial charge in [0.15, 0.2) is 0 Å². The molecule has 0 saturated carbocycles. The van der Waals surface area contributed by atoms with Gasteiger partial charge >= 0.3 is 0 Å². The van der Waals surface area contributed by atoms with Gasteiger partial charge in [0.25, 0.3) is 0 Å². The van der Waals surface area contributed by atoms with Gasteiger partial charge in [-0.25, -0.2) is 0 Å². The highest BCUT2D eigenvalue weighted by molar-refractivity contribution is 5.75. The maximum Gasteiger partial charge on any atom is 0.231 e. The van der Waals surface area contributed by atoms with Crippen LogP contribution in [0.3, 0.4) is 0 Å². The molecule has 2 rings (SSSR count). The Kier molecular flexibility index (Phi) is 6.26. The lowest BCUT2D eigenvalue weighted by atomic mass is 9.99. The molecule has 0 aromatic carbocycles. The first-order valence-corrected chi connectivity index (χ1v) is 8.16. The number of amides is 1. The molecule has 0 atom stereocenters. The molecule has 0 bridgehead atoms. The standard InChI is InChI=1S/C15H30N4O/c1-2-7-18-8-3-13(4-9-18)17-14-5-10-19(11-6-14)12-15(16)20/h13-14,17H,2-12H2,1H3,(H2,16,20). The van der Waals surface area contributed by atoms with Crippen molar-refractivity contribution in [1.82, 2.24) is 15.1 Å². The van der Waals surface area contributed by atoms with Gasteiger partial charge in [-0.1, -0.05) is 6.92 Å². The number of nitrogens with one attached hydrogen (secondary N) is 1. The number of hydrogen-bond donors (Lipinski definition) is 2. The number of piperidine rings is 2. The molecule has 116 valence electrons. The minimum atomic E-state index is -0.209. The van der Waals surface area contributed by atoms with Crippen LogP contribution in [0.4, 0.5) is 0 Å². The van der Waals surface area contributed by atoms with Gasteiger partial charge in [0.05, 0.1) is 6.54 Å². The summed E-state index contributed by atoms with van der Waals surface area (Å²) in [4.78, 5) is 15.7. The highest BCUT2D eigenvalue weighted by Gasteiger charge is 2.24. The van der Waals surface area contributed by atoms with E-state index in [4.69, 9.17) is 5.73 Å². The SMILES string of the molecule is CCCN1CCC(NC2CCN(CC(N)=O)CC2)CC1. The van der Waals surface area contributed by atoms with Gasteiger partial charge < -0.3 is 16.0 Å². The molecule has 0 aliphatic carbocycles. The van der Waals surface area contributed by atoms with Crippen LogP contribution in [0.2, 0.25) is 0 Å². The number of likely N-dealkylation sites (tertiary alicyclic amines) is 2. The van der Waals surface area contributed by atoms with E-state index in [9.17, 15) is 4.79 Å². The van der Waals surface area contributed by atoms with Gasteiger partial charge in [-0.05, 0) is 51.7 Å². The molecular formula is C15H30N4O. The maximum absolute atomic E-state index is 10.9. The summed E-state index contributed by atoms with van der Waals surface area (Å²) in [6, 6.07) is 1.32. The third-order valence-electron chi connectivity index (χ3n) is 4.57. The van der Waals surface area contributed by atoms with Crippen molar-refractivity contribution in [3.8, 4) is 0 Å². The van der Waals surface area contributed by atoms with Gasteiger partial charge in [-0.2, -0.15) is 0 Å². The zero-order valence-electron chi connectivity index (χ0n) is 12.8. The average molecular weight is 282 g/mol. The second-order valence-electron chi connectivity index (χ2n) is 6.30. The monoisotopic (exact) mass is 282 g/mol. The van der Waals surface area contributed by atoms with Crippen molar-refractivity contribution in [2.45, 2.75) is 51.1 Å². The molecule has 5 heteroatoms. The van der Waals surface area contributed by atoms with Gasteiger partial charge in [0.2, 0.25) is 5.91 Å². The third kappa shape index (κ3) is 5.04. The molecule has 0 aromatic heterocycles. The Balaban J connectivity index is 1.62. The zero-order valence-corrected chi connectivity index (χ0v) is 12.8. The molecule has 5 nitrogen and oxygen atoms in total. The van der Waals surface area contributed by atoms with Gasteiger partial charge in [-0.15, -0.1) is 0 Å². The van der Waals surface area contributed by atoms with E-state index >= 15 is 0 Å². The summed E-state index contributed by atoms with van der Waals surface area (Å²) >= 11 is 0. The molecule has 2 saturated heterocycles. The van der Waals surface area contributed by atoms with E-state index in [-0.39, 0.29) is 5.91 Å². The fraction of sp³-hybridized carbons (Fsp3) is 0.933. The van der Waals surface area contributed by atoms with E-state index in [0.29, 0.717) is 18.6 Å². The van der Waals surface area contributed by atoms with Crippen LogP contribution in [0.15, 0.2) is 0 Å². The summed E-state index contributed by atoms with van der Waals surface area (Å²) in [5.41, 5.74) is 5.24. The van der Waals surface area contributed by atoms with Crippen molar-refractivity contribution in [3.63, 3.8) is 0 Å². The second kappa shape index (κ2) is 7.96. The van der Waals surface area contributed by atoms with E-state index in [2.05, 4.69) is 22.0 Å². The molecule has 2 fully saturated rings. The summed E-state index contributed by atoms with van der Waals surface area (Å²) in [7, 11) is 0. The Morgan fingerprint density at radius 1 is 1.05 bits per heavy atom. The van der Waals surface area contributed by atoms with Gasteiger partial charge in [0.1, 0.15) is 0 Å². The predicted octanol–water partition coefficient (Wildman–Crippen LogP) is 0.400. The number of hydrogen-bond acceptors (Lipinski definition) is 4. The Morgan fingerprint density at radius 3 is 2.00 bits per heavy atom. The van der Waals surface area contributed by atoms with E-state index in [0.717, 1.165) is 25.9 Å².